The highest BCUT2D eigenvalue weighted by Gasteiger charge is 2.21. The third-order valence-corrected chi connectivity index (χ3v) is 8.54. The lowest BCUT2D eigenvalue weighted by molar-refractivity contribution is 0.414. The fourth-order valence-electron chi connectivity index (χ4n) is 4.69. The molecule has 0 aliphatic heterocycles. The number of hydrogen-bond donors (Lipinski definition) is 1. The van der Waals surface area contributed by atoms with Crippen LogP contribution in [0.25, 0.3) is 11.3 Å². The van der Waals surface area contributed by atoms with Crippen LogP contribution in [0.15, 0.2) is 72.8 Å². The van der Waals surface area contributed by atoms with Gasteiger partial charge in [-0.3, -0.25) is 0 Å². The molecule has 3 atom stereocenters. The Morgan fingerprint density at radius 2 is 1.53 bits per heavy atom. The molecule has 0 saturated heterocycles. The SMILES string of the molecule is COc1ccc([C@@H](C)[C@@H](C)c2ccccc2-c2ccc([C@@H](C)Cc3ccc(C(C)C)s3)[nH]2)cc1. The van der Waals surface area contributed by atoms with Gasteiger partial charge in [-0.15, -0.1) is 11.3 Å². The van der Waals surface area contributed by atoms with Gasteiger partial charge in [-0.2, -0.15) is 0 Å². The van der Waals surface area contributed by atoms with Crippen LogP contribution >= 0.6 is 11.3 Å². The predicted octanol–water partition coefficient (Wildman–Crippen LogP) is 9.13. The van der Waals surface area contributed by atoms with Crippen LogP contribution in [0.2, 0.25) is 0 Å². The number of thiophene rings is 1. The van der Waals surface area contributed by atoms with Crippen LogP contribution in [0.5, 0.6) is 5.75 Å². The zero-order chi connectivity index (χ0) is 24.2. The molecule has 178 valence electrons. The van der Waals surface area contributed by atoms with Crippen LogP contribution < -0.4 is 4.74 Å². The van der Waals surface area contributed by atoms with Crippen LogP contribution in [-0.2, 0) is 6.42 Å². The summed E-state index contributed by atoms with van der Waals surface area (Å²) in [6.45, 7) is 11.5. The summed E-state index contributed by atoms with van der Waals surface area (Å²) in [6.07, 6.45) is 1.07. The highest BCUT2D eigenvalue weighted by Crippen LogP contribution is 2.38. The molecule has 0 aliphatic rings. The molecule has 0 radical (unpaired) electrons. The Bertz CT molecular complexity index is 1200. The number of nitrogens with one attached hydrogen (secondary N) is 1. The van der Waals surface area contributed by atoms with Crippen LogP contribution in [0.3, 0.4) is 0 Å². The standard InChI is InChI=1S/C31H37NOS/c1-20(2)31-18-15-26(34-31)19-21(3)29-16-17-30(32-29)28-10-8-7-9-27(28)23(5)22(4)24-11-13-25(33-6)14-12-24/h7-18,20-23,32H,19H2,1-6H3/t21-,22-,23+/m0/s1. The molecular weight excluding hydrogens is 434 g/mol. The van der Waals surface area contributed by atoms with E-state index in [1.807, 2.05) is 11.3 Å². The fourth-order valence-corrected chi connectivity index (χ4v) is 5.83. The van der Waals surface area contributed by atoms with Crippen molar-refractivity contribution in [1.82, 2.24) is 4.98 Å². The lowest BCUT2D eigenvalue weighted by atomic mass is 9.81. The second-order valence-corrected chi connectivity index (χ2v) is 11.0. The van der Waals surface area contributed by atoms with Crippen molar-refractivity contribution in [3.05, 3.63) is 99.4 Å². The van der Waals surface area contributed by atoms with Crippen molar-refractivity contribution in [2.24, 2.45) is 0 Å². The molecule has 2 aromatic heterocycles. The lowest BCUT2D eigenvalue weighted by Gasteiger charge is -2.23. The number of benzene rings is 2. The summed E-state index contributed by atoms with van der Waals surface area (Å²) in [7, 11) is 1.71. The minimum atomic E-state index is 0.384. The summed E-state index contributed by atoms with van der Waals surface area (Å²) in [6, 6.07) is 26.4. The Morgan fingerprint density at radius 3 is 2.21 bits per heavy atom. The molecule has 0 aliphatic carbocycles. The maximum absolute atomic E-state index is 5.34. The van der Waals surface area contributed by atoms with E-state index in [-0.39, 0.29) is 0 Å². The van der Waals surface area contributed by atoms with Gasteiger partial charge in [0.15, 0.2) is 0 Å². The molecule has 1 N–H and O–H groups in total. The van der Waals surface area contributed by atoms with E-state index >= 15 is 0 Å². The minimum Gasteiger partial charge on any atom is -0.497 e. The molecule has 2 aromatic carbocycles. The molecule has 4 rings (SSSR count). The molecule has 0 bridgehead atoms. The van der Waals surface area contributed by atoms with E-state index in [1.54, 1.807) is 7.11 Å². The van der Waals surface area contributed by atoms with Crippen molar-refractivity contribution in [2.45, 2.75) is 64.7 Å². The quantitative estimate of drug-likeness (QED) is 0.259. The predicted molar refractivity (Wildman–Crippen MR) is 147 cm³/mol. The topological polar surface area (TPSA) is 25.0 Å². The molecule has 0 saturated carbocycles. The molecular formula is C31H37NOS. The first-order valence-electron chi connectivity index (χ1n) is 12.4. The van der Waals surface area contributed by atoms with Crippen LogP contribution in [-0.4, -0.2) is 12.1 Å². The fraction of sp³-hybridized carbons (Fsp3) is 0.355. The Balaban J connectivity index is 1.54. The van der Waals surface area contributed by atoms with Gasteiger partial charge in [0.1, 0.15) is 5.75 Å². The zero-order valence-electron chi connectivity index (χ0n) is 21.3. The number of methoxy groups -OCH3 is 1. The third kappa shape index (κ3) is 5.31. The van der Waals surface area contributed by atoms with Crippen LogP contribution in [0.1, 0.15) is 84.9 Å². The summed E-state index contributed by atoms with van der Waals surface area (Å²) in [4.78, 5) is 6.70. The monoisotopic (exact) mass is 471 g/mol. The van der Waals surface area contributed by atoms with Crippen molar-refractivity contribution in [1.29, 1.82) is 0 Å². The van der Waals surface area contributed by atoms with Gasteiger partial charge in [0.25, 0.3) is 0 Å². The van der Waals surface area contributed by atoms with Crippen molar-refractivity contribution in [3.8, 4) is 17.0 Å². The Kier molecular flexibility index (Phi) is 7.63. The largest absolute Gasteiger partial charge is 0.497 e. The first-order valence-corrected chi connectivity index (χ1v) is 13.2. The zero-order valence-corrected chi connectivity index (χ0v) is 22.1. The second kappa shape index (κ2) is 10.7. The number of aromatic nitrogens is 1. The van der Waals surface area contributed by atoms with Gasteiger partial charge >= 0.3 is 0 Å². The summed E-state index contributed by atoms with van der Waals surface area (Å²) in [5.74, 6) is 2.74. The number of H-pyrrole nitrogens is 1. The van der Waals surface area contributed by atoms with Crippen molar-refractivity contribution < 1.29 is 4.74 Å². The van der Waals surface area contributed by atoms with Gasteiger partial charge < -0.3 is 9.72 Å². The highest BCUT2D eigenvalue weighted by molar-refractivity contribution is 7.12. The van der Waals surface area contributed by atoms with Crippen molar-refractivity contribution in [3.63, 3.8) is 0 Å². The summed E-state index contributed by atoms with van der Waals surface area (Å²) in [5.41, 5.74) is 6.53. The van der Waals surface area contributed by atoms with E-state index in [0.29, 0.717) is 23.7 Å². The van der Waals surface area contributed by atoms with Gasteiger partial charge in [-0.05, 0) is 71.7 Å². The average Bonchev–Trinajstić information content (AvgIpc) is 3.53. The van der Waals surface area contributed by atoms with E-state index < -0.39 is 0 Å². The van der Waals surface area contributed by atoms with E-state index in [2.05, 4.69) is 112 Å². The normalized spacial score (nSPS) is 14.2. The molecule has 34 heavy (non-hydrogen) atoms. The summed E-state index contributed by atoms with van der Waals surface area (Å²) < 4.78 is 5.34. The molecule has 2 nitrogen and oxygen atoms in total. The van der Waals surface area contributed by atoms with E-state index in [1.165, 1.54) is 37.8 Å². The van der Waals surface area contributed by atoms with Gasteiger partial charge in [-0.1, -0.05) is 71.0 Å². The number of hydrogen-bond acceptors (Lipinski definition) is 2. The smallest absolute Gasteiger partial charge is 0.118 e. The molecule has 3 heteroatoms. The lowest BCUT2D eigenvalue weighted by Crippen LogP contribution is -2.06. The highest BCUT2D eigenvalue weighted by atomic mass is 32.1. The maximum atomic E-state index is 5.34. The third-order valence-electron chi connectivity index (χ3n) is 7.13. The second-order valence-electron chi connectivity index (χ2n) is 9.83. The summed E-state index contributed by atoms with van der Waals surface area (Å²) in [5, 5.41) is 0. The molecule has 0 fully saturated rings. The van der Waals surface area contributed by atoms with E-state index in [0.717, 1.165) is 12.2 Å². The Labute approximate surface area is 209 Å². The summed E-state index contributed by atoms with van der Waals surface area (Å²) >= 11 is 1.96. The molecule has 0 spiro atoms. The van der Waals surface area contributed by atoms with Gasteiger partial charge in [0.2, 0.25) is 0 Å². The minimum absolute atomic E-state index is 0.384. The number of aromatic amines is 1. The van der Waals surface area contributed by atoms with Crippen molar-refractivity contribution in [2.75, 3.05) is 7.11 Å². The first-order chi connectivity index (χ1) is 16.4. The van der Waals surface area contributed by atoms with Crippen LogP contribution in [0.4, 0.5) is 0 Å². The maximum Gasteiger partial charge on any atom is 0.118 e. The Hall–Kier alpha value is -2.78. The van der Waals surface area contributed by atoms with Gasteiger partial charge in [0, 0.05) is 32.6 Å². The number of ether oxygens (including phenoxy) is 1. The molecule has 4 aromatic rings. The Morgan fingerprint density at radius 1 is 0.794 bits per heavy atom. The van der Waals surface area contributed by atoms with Gasteiger partial charge in [0.05, 0.1) is 7.11 Å². The van der Waals surface area contributed by atoms with Crippen LogP contribution in [0, 0.1) is 0 Å². The molecule has 0 unspecified atom stereocenters. The van der Waals surface area contributed by atoms with Crippen molar-refractivity contribution >= 4 is 11.3 Å². The molecule has 2 heterocycles. The van der Waals surface area contributed by atoms with Gasteiger partial charge in [-0.25, -0.2) is 0 Å². The van der Waals surface area contributed by atoms with E-state index in [9.17, 15) is 0 Å². The first kappa shape index (κ1) is 24.3. The molecule has 0 amide bonds. The average molecular weight is 472 g/mol. The number of rotatable bonds is 9. The van der Waals surface area contributed by atoms with E-state index in [4.69, 9.17) is 4.74 Å².